The molecule has 0 aliphatic heterocycles. The number of hydrogen-bond acceptors (Lipinski definition) is 2. The van der Waals surface area contributed by atoms with Crippen LogP contribution in [-0.2, 0) is 6.42 Å². The lowest BCUT2D eigenvalue weighted by Crippen LogP contribution is -2.25. The molecule has 0 aliphatic rings. The molecule has 106 valence electrons. The summed E-state index contributed by atoms with van der Waals surface area (Å²) in [5.41, 5.74) is 9.21. The van der Waals surface area contributed by atoms with Crippen LogP contribution in [0.4, 0.5) is 5.69 Å². The molecule has 0 saturated heterocycles. The SMILES string of the molecule is CC(c1ccccc1Cl)N(C)CCc1ccccc1N. The van der Waals surface area contributed by atoms with Gasteiger partial charge in [-0.15, -0.1) is 0 Å². The summed E-state index contributed by atoms with van der Waals surface area (Å²) >= 11 is 6.26. The number of nitrogens with two attached hydrogens (primary N) is 1. The van der Waals surface area contributed by atoms with Gasteiger partial charge in [0.05, 0.1) is 0 Å². The molecule has 3 heteroatoms. The highest BCUT2D eigenvalue weighted by atomic mass is 35.5. The van der Waals surface area contributed by atoms with Crippen molar-refractivity contribution in [2.75, 3.05) is 19.3 Å². The molecule has 0 amide bonds. The Bertz CT molecular complexity index is 568. The fourth-order valence-electron chi connectivity index (χ4n) is 2.30. The maximum Gasteiger partial charge on any atom is 0.0453 e. The first-order valence-electron chi connectivity index (χ1n) is 6.87. The standard InChI is InChI=1S/C17H21ClN2/c1-13(15-8-4-5-9-16(15)18)20(2)12-11-14-7-3-6-10-17(14)19/h3-10,13H,11-12,19H2,1-2H3. The number of likely N-dealkylation sites (N-methyl/N-ethyl adjacent to an activating group) is 1. The van der Waals surface area contributed by atoms with E-state index in [0.717, 1.165) is 29.2 Å². The van der Waals surface area contributed by atoms with Gasteiger partial charge in [0.15, 0.2) is 0 Å². The Labute approximate surface area is 126 Å². The van der Waals surface area contributed by atoms with E-state index in [1.165, 1.54) is 5.56 Å². The predicted octanol–water partition coefficient (Wildman–Crippen LogP) is 4.16. The molecule has 1 atom stereocenters. The molecular weight excluding hydrogens is 268 g/mol. The highest BCUT2D eigenvalue weighted by Gasteiger charge is 2.14. The molecule has 2 N–H and O–H groups in total. The van der Waals surface area contributed by atoms with Crippen LogP contribution < -0.4 is 5.73 Å². The molecule has 0 aliphatic carbocycles. The molecule has 0 saturated carbocycles. The van der Waals surface area contributed by atoms with Crippen LogP contribution in [0.2, 0.25) is 5.02 Å². The molecule has 0 heterocycles. The Kier molecular flexibility index (Phi) is 5.05. The smallest absolute Gasteiger partial charge is 0.0453 e. The van der Waals surface area contributed by atoms with Crippen molar-refractivity contribution in [1.82, 2.24) is 4.90 Å². The molecule has 0 radical (unpaired) electrons. The molecule has 2 aromatic rings. The molecule has 0 aromatic heterocycles. The minimum atomic E-state index is 0.286. The number of nitrogen functional groups attached to an aromatic ring is 1. The highest BCUT2D eigenvalue weighted by molar-refractivity contribution is 6.31. The fourth-order valence-corrected chi connectivity index (χ4v) is 2.60. The molecule has 0 bridgehead atoms. The van der Waals surface area contributed by atoms with Crippen LogP contribution in [0.15, 0.2) is 48.5 Å². The van der Waals surface area contributed by atoms with E-state index in [1.807, 2.05) is 36.4 Å². The van der Waals surface area contributed by atoms with E-state index >= 15 is 0 Å². The third-order valence-corrected chi connectivity index (χ3v) is 4.15. The zero-order chi connectivity index (χ0) is 14.5. The van der Waals surface area contributed by atoms with E-state index in [4.69, 9.17) is 17.3 Å². The quantitative estimate of drug-likeness (QED) is 0.837. The maximum atomic E-state index is 6.26. The van der Waals surface area contributed by atoms with Crippen LogP contribution in [0.1, 0.15) is 24.1 Å². The second-order valence-corrected chi connectivity index (χ2v) is 5.53. The van der Waals surface area contributed by atoms with Crippen molar-refractivity contribution in [3.8, 4) is 0 Å². The average molecular weight is 289 g/mol. The van der Waals surface area contributed by atoms with Crippen molar-refractivity contribution < 1.29 is 0 Å². The van der Waals surface area contributed by atoms with Gasteiger partial charge in [-0.05, 0) is 43.7 Å². The maximum absolute atomic E-state index is 6.26. The topological polar surface area (TPSA) is 29.3 Å². The van der Waals surface area contributed by atoms with Crippen LogP contribution in [0.25, 0.3) is 0 Å². The number of rotatable bonds is 5. The van der Waals surface area contributed by atoms with E-state index in [1.54, 1.807) is 0 Å². The second kappa shape index (κ2) is 6.78. The van der Waals surface area contributed by atoms with Crippen molar-refractivity contribution in [2.45, 2.75) is 19.4 Å². The monoisotopic (exact) mass is 288 g/mol. The lowest BCUT2D eigenvalue weighted by Gasteiger charge is -2.26. The van der Waals surface area contributed by atoms with E-state index in [9.17, 15) is 0 Å². The number of hydrogen-bond donors (Lipinski definition) is 1. The normalized spacial score (nSPS) is 12.6. The van der Waals surface area contributed by atoms with Gasteiger partial charge >= 0.3 is 0 Å². The first-order chi connectivity index (χ1) is 9.59. The summed E-state index contributed by atoms with van der Waals surface area (Å²) in [6.07, 6.45) is 0.942. The highest BCUT2D eigenvalue weighted by Crippen LogP contribution is 2.26. The van der Waals surface area contributed by atoms with E-state index in [2.05, 4.69) is 31.0 Å². The number of halogens is 1. The molecular formula is C17H21ClN2. The average Bonchev–Trinajstić information content (AvgIpc) is 2.46. The van der Waals surface area contributed by atoms with Gasteiger partial charge in [-0.1, -0.05) is 48.0 Å². The first-order valence-corrected chi connectivity index (χ1v) is 7.25. The van der Waals surface area contributed by atoms with Crippen molar-refractivity contribution in [2.24, 2.45) is 0 Å². The number of anilines is 1. The molecule has 0 spiro atoms. The zero-order valence-corrected chi connectivity index (χ0v) is 12.8. The summed E-state index contributed by atoms with van der Waals surface area (Å²) in [6.45, 7) is 3.12. The summed E-state index contributed by atoms with van der Waals surface area (Å²) in [5, 5.41) is 0.825. The van der Waals surface area contributed by atoms with Crippen LogP contribution in [0, 0.1) is 0 Å². The largest absolute Gasteiger partial charge is 0.399 e. The van der Waals surface area contributed by atoms with Crippen molar-refractivity contribution in [1.29, 1.82) is 0 Å². The van der Waals surface area contributed by atoms with E-state index in [-0.39, 0.29) is 6.04 Å². The Balaban J connectivity index is 2.00. The van der Waals surface area contributed by atoms with Crippen LogP contribution in [0.3, 0.4) is 0 Å². The van der Waals surface area contributed by atoms with Gasteiger partial charge in [0, 0.05) is 23.3 Å². The molecule has 2 nitrogen and oxygen atoms in total. The third kappa shape index (κ3) is 3.53. The van der Waals surface area contributed by atoms with Gasteiger partial charge < -0.3 is 5.73 Å². The minimum absolute atomic E-state index is 0.286. The van der Waals surface area contributed by atoms with Gasteiger partial charge in [0.25, 0.3) is 0 Å². The lowest BCUT2D eigenvalue weighted by atomic mass is 10.1. The zero-order valence-electron chi connectivity index (χ0n) is 12.0. The molecule has 0 fully saturated rings. The molecule has 20 heavy (non-hydrogen) atoms. The second-order valence-electron chi connectivity index (χ2n) is 5.13. The van der Waals surface area contributed by atoms with E-state index in [0.29, 0.717) is 0 Å². The van der Waals surface area contributed by atoms with Gasteiger partial charge in [0.1, 0.15) is 0 Å². The summed E-state index contributed by atoms with van der Waals surface area (Å²) in [7, 11) is 2.12. The Morgan fingerprint density at radius 3 is 2.45 bits per heavy atom. The third-order valence-electron chi connectivity index (χ3n) is 3.81. The van der Waals surface area contributed by atoms with E-state index < -0.39 is 0 Å². The van der Waals surface area contributed by atoms with Crippen molar-refractivity contribution in [3.05, 3.63) is 64.7 Å². The summed E-state index contributed by atoms with van der Waals surface area (Å²) in [4.78, 5) is 2.30. The number of para-hydroxylation sites is 1. The van der Waals surface area contributed by atoms with Gasteiger partial charge in [-0.25, -0.2) is 0 Å². The minimum Gasteiger partial charge on any atom is -0.399 e. The summed E-state index contributed by atoms with van der Waals surface area (Å²) < 4.78 is 0. The van der Waals surface area contributed by atoms with Crippen molar-refractivity contribution >= 4 is 17.3 Å². The Hall–Kier alpha value is -1.51. The Morgan fingerprint density at radius 1 is 1.10 bits per heavy atom. The summed E-state index contributed by atoms with van der Waals surface area (Å²) in [6, 6.07) is 16.3. The first kappa shape index (κ1) is 14.9. The fraction of sp³-hybridized carbons (Fsp3) is 0.294. The van der Waals surface area contributed by atoms with Crippen molar-refractivity contribution in [3.63, 3.8) is 0 Å². The van der Waals surface area contributed by atoms with Gasteiger partial charge in [-0.3, -0.25) is 4.90 Å². The lowest BCUT2D eigenvalue weighted by molar-refractivity contribution is 0.265. The Morgan fingerprint density at radius 2 is 1.75 bits per heavy atom. The van der Waals surface area contributed by atoms with Crippen LogP contribution >= 0.6 is 11.6 Å². The number of benzene rings is 2. The van der Waals surface area contributed by atoms with Gasteiger partial charge in [-0.2, -0.15) is 0 Å². The summed E-state index contributed by atoms with van der Waals surface area (Å²) in [5.74, 6) is 0. The molecule has 2 aromatic carbocycles. The van der Waals surface area contributed by atoms with Crippen LogP contribution in [0.5, 0.6) is 0 Å². The number of nitrogens with zero attached hydrogens (tertiary/aromatic N) is 1. The predicted molar refractivity (Wildman–Crippen MR) is 87.1 cm³/mol. The van der Waals surface area contributed by atoms with Gasteiger partial charge in [0.2, 0.25) is 0 Å². The van der Waals surface area contributed by atoms with Crippen LogP contribution in [-0.4, -0.2) is 18.5 Å². The molecule has 2 rings (SSSR count). The molecule has 1 unspecified atom stereocenters.